The summed E-state index contributed by atoms with van der Waals surface area (Å²) in [6.45, 7) is 0.514. The SMILES string of the molecule is COc1ccc(C2(CNC(=O)C=Cc3cccc([N+](=O)[O-])c3)CCCC2)cc1OC. The van der Waals surface area contributed by atoms with Crippen LogP contribution in [0.3, 0.4) is 0 Å². The molecule has 0 bridgehead atoms. The highest BCUT2D eigenvalue weighted by atomic mass is 16.6. The molecule has 30 heavy (non-hydrogen) atoms. The van der Waals surface area contributed by atoms with Crippen LogP contribution in [-0.4, -0.2) is 31.6 Å². The summed E-state index contributed by atoms with van der Waals surface area (Å²) in [5.74, 6) is 1.13. The standard InChI is InChI=1S/C23H26N2O5/c1-29-20-10-9-18(15-21(20)30-2)23(12-3-4-13-23)16-24-22(26)11-8-17-6-5-7-19(14-17)25(27)28/h5-11,14-15H,3-4,12-13,16H2,1-2H3,(H,24,26). The second-order valence-electron chi connectivity index (χ2n) is 7.46. The number of nitro benzene ring substituents is 1. The highest BCUT2D eigenvalue weighted by molar-refractivity contribution is 5.91. The Labute approximate surface area is 175 Å². The Morgan fingerprint density at radius 3 is 2.53 bits per heavy atom. The molecule has 1 aliphatic rings. The van der Waals surface area contributed by atoms with Crippen molar-refractivity contribution in [3.8, 4) is 11.5 Å². The number of non-ortho nitro benzene ring substituents is 1. The van der Waals surface area contributed by atoms with Gasteiger partial charge in [-0.05, 0) is 42.2 Å². The molecule has 2 aromatic carbocycles. The number of ether oxygens (including phenoxy) is 2. The maximum absolute atomic E-state index is 12.4. The lowest BCUT2D eigenvalue weighted by atomic mass is 9.78. The van der Waals surface area contributed by atoms with E-state index in [4.69, 9.17) is 9.47 Å². The van der Waals surface area contributed by atoms with E-state index >= 15 is 0 Å². The number of methoxy groups -OCH3 is 2. The zero-order chi connectivity index (χ0) is 21.6. The lowest BCUT2D eigenvalue weighted by Crippen LogP contribution is -2.38. The smallest absolute Gasteiger partial charge is 0.270 e. The summed E-state index contributed by atoms with van der Waals surface area (Å²) in [4.78, 5) is 22.8. The monoisotopic (exact) mass is 410 g/mol. The number of amides is 1. The zero-order valence-corrected chi connectivity index (χ0v) is 17.2. The van der Waals surface area contributed by atoms with Gasteiger partial charge in [-0.25, -0.2) is 0 Å². The molecule has 158 valence electrons. The Kier molecular flexibility index (Phi) is 6.72. The Morgan fingerprint density at radius 2 is 1.87 bits per heavy atom. The van der Waals surface area contributed by atoms with Crippen molar-refractivity contribution >= 4 is 17.7 Å². The van der Waals surface area contributed by atoms with E-state index in [0.717, 1.165) is 31.2 Å². The first-order valence-corrected chi connectivity index (χ1v) is 9.90. The Hall–Kier alpha value is -3.35. The minimum Gasteiger partial charge on any atom is -0.493 e. The van der Waals surface area contributed by atoms with E-state index in [9.17, 15) is 14.9 Å². The molecule has 0 spiro atoms. The average molecular weight is 410 g/mol. The molecule has 1 N–H and O–H groups in total. The number of hydrogen-bond donors (Lipinski definition) is 1. The van der Waals surface area contributed by atoms with Crippen molar-refractivity contribution in [2.75, 3.05) is 20.8 Å². The van der Waals surface area contributed by atoms with Crippen LogP contribution in [0.1, 0.15) is 36.8 Å². The number of benzene rings is 2. The number of carbonyl (C=O) groups excluding carboxylic acids is 1. The van der Waals surface area contributed by atoms with Gasteiger partial charge in [-0.2, -0.15) is 0 Å². The van der Waals surface area contributed by atoms with Crippen molar-refractivity contribution in [2.24, 2.45) is 0 Å². The second-order valence-corrected chi connectivity index (χ2v) is 7.46. The van der Waals surface area contributed by atoms with Crippen LogP contribution in [0, 0.1) is 10.1 Å². The molecular formula is C23H26N2O5. The molecule has 7 nitrogen and oxygen atoms in total. The summed E-state index contributed by atoms with van der Waals surface area (Å²) < 4.78 is 10.8. The van der Waals surface area contributed by atoms with Crippen molar-refractivity contribution in [1.29, 1.82) is 0 Å². The van der Waals surface area contributed by atoms with Crippen molar-refractivity contribution in [3.05, 3.63) is 69.8 Å². The van der Waals surface area contributed by atoms with Crippen LogP contribution in [-0.2, 0) is 10.2 Å². The van der Waals surface area contributed by atoms with E-state index in [1.54, 1.807) is 32.4 Å². The molecule has 7 heteroatoms. The molecule has 1 amide bonds. The molecule has 3 rings (SSSR count). The van der Waals surface area contributed by atoms with Gasteiger partial charge in [-0.15, -0.1) is 0 Å². The van der Waals surface area contributed by atoms with Crippen LogP contribution >= 0.6 is 0 Å². The molecule has 0 unspecified atom stereocenters. The van der Waals surface area contributed by atoms with Gasteiger partial charge in [0, 0.05) is 30.2 Å². The van der Waals surface area contributed by atoms with Crippen LogP contribution in [0.2, 0.25) is 0 Å². The van der Waals surface area contributed by atoms with E-state index in [1.807, 2.05) is 18.2 Å². The summed E-state index contributed by atoms with van der Waals surface area (Å²) in [5.41, 5.74) is 1.58. The molecule has 0 radical (unpaired) electrons. The van der Waals surface area contributed by atoms with Crippen molar-refractivity contribution in [1.82, 2.24) is 5.32 Å². The van der Waals surface area contributed by atoms with Gasteiger partial charge in [0.05, 0.1) is 19.1 Å². The van der Waals surface area contributed by atoms with Gasteiger partial charge in [-0.1, -0.05) is 31.0 Å². The molecule has 1 saturated carbocycles. The number of nitro groups is 1. The third-order valence-corrected chi connectivity index (χ3v) is 5.67. The van der Waals surface area contributed by atoms with E-state index in [1.165, 1.54) is 18.2 Å². The molecule has 0 heterocycles. The predicted octanol–water partition coefficient (Wildman–Crippen LogP) is 4.25. The first-order chi connectivity index (χ1) is 14.5. The number of carbonyl (C=O) groups is 1. The molecule has 2 aromatic rings. The summed E-state index contributed by atoms with van der Waals surface area (Å²) >= 11 is 0. The van der Waals surface area contributed by atoms with Gasteiger partial charge in [0.2, 0.25) is 5.91 Å². The number of nitrogens with one attached hydrogen (secondary N) is 1. The van der Waals surface area contributed by atoms with Crippen molar-refractivity contribution in [2.45, 2.75) is 31.1 Å². The summed E-state index contributed by atoms with van der Waals surface area (Å²) in [7, 11) is 3.22. The normalized spacial score (nSPS) is 15.1. The summed E-state index contributed by atoms with van der Waals surface area (Å²) in [6.07, 6.45) is 7.17. The molecule has 0 saturated heterocycles. The zero-order valence-electron chi connectivity index (χ0n) is 17.2. The fourth-order valence-corrected chi connectivity index (χ4v) is 4.01. The van der Waals surface area contributed by atoms with Gasteiger partial charge < -0.3 is 14.8 Å². The third kappa shape index (κ3) is 4.79. The quantitative estimate of drug-likeness (QED) is 0.399. The highest BCUT2D eigenvalue weighted by Crippen LogP contribution is 2.43. The molecule has 0 aromatic heterocycles. The van der Waals surface area contributed by atoms with E-state index < -0.39 is 4.92 Å². The largest absolute Gasteiger partial charge is 0.493 e. The van der Waals surface area contributed by atoms with Gasteiger partial charge in [0.25, 0.3) is 5.69 Å². The number of rotatable bonds is 8. The van der Waals surface area contributed by atoms with Gasteiger partial charge in [0.15, 0.2) is 11.5 Å². The van der Waals surface area contributed by atoms with Crippen LogP contribution in [0.25, 0.3) is 6.08 Å². The van der Waals surface area contributed by atoms with Gasteiger partial charge >= 0.3 is 0 Å². The molecule has 1 aliphatic carbocycles. The third-order valence-electron chi connectivity index (χ3n) is 5.67. The predicted molar refractivity (Wildman–Crippen MR) is 115 cm³/mol. The topological polar surface area (TPSA) is 90.7 Å². The van der Waals surface area contributed by atoms with Crippen LogP contribution in [0.15, 0.2) is 48.5 Å². The van der Waals surface area contributed by atoms with E-state index in [2.05, 4.69) is 5.32 Å². The Morgan fingerprint density at radius 1 is 1.13 bits per heavy atom. The number of hydrogen-bond acceptors (Lipinski definition) is 5. The van der Waals surface area contributed by atoms with Crippen LogP contribution < -0.4 is 14.8 Å². The van der Waals surface area contributed by atoms with Crippen LogP contribution in [0.5, 0.6) is 11.5 Å². The number of nitrogens with zero attached hydrogens (tertiary/aromatic N) is 1. The molecule has 1 fully saturated rings. The van der Waals surface area contributed by atoms with E-state index in [0.29, 0.717) is 23.6 Å². The molecular weight excluding hydrogens is 384 g/mol. The van der Waals surface area contributed by atoms with Crippen molar-refractivity contribution < 1.29 is 19.2 Å². The van der Waals surface area contributed by atoms with Gasteiger partial charge in [-0.3, -0.25) is 14.9 Å². The average Bonchev–Trinajstić information content (AvgIpc) is 3.26. The minimum absolute atomic E-state index is 0.00378. The van der Waals surface area contributed by atoms with Crippen molar-refractivity contribution in [3.63, 3.8) is 0 Å². The Bertz CT molecular complexity index is 948. The first-order valence-electron chi connectivity index (χ1n) is 9.90. The minimum atomic E-state index is -0.454. The summed E-state index contributed by atoms with van der Waals surface area (Å²) in [5, 5.41) is 13.9. The fourth-order valence-electron chi connectivity index (χ4n) is 4.01. The second kappa shape index (κ2) is 9.43. The van der Waals surface area contributed by atoms with E-state index in [-0.39, 0.29) is 17.0 Å². The fraction of sp³-hybridized carbons (Fsp3) is 0.348. The Balaban J connectivity index is 1.71. The lowest BCUT2D eigenvalue weighted by Gasteiger charge is -2.30. The maximum atomic E-state index is 12.4. The lowest BCUT2D eigenvalue weighted by molar-refractivity contribution is -0.384. The molecule has 0 aliphatic heterocycles. The maximum Gasteiger partial charge on any atom is 0.270 e. The summed E-state index contributed by atoms with van der Waals surface area (Å²) in [6, 6.07) is 12.1. The highest BCUT2D eigenvalue weighted by Gasteiger charge is 2.36. The van der Waals surface area contributed by atoms with Gasteiger partial charge in [0.1, 0.15) is 0 Å². The molecule has 0 atom stereocenters. The first kappa shape index (κ1) is 21.4. The van der Waals surface area contributed by atoms with Crippen LogP contribution in [0.4, 0.5) is 5.69 Å².